The zero-order valence-electron chi connectivity index (χ0n) is 14.0. The molecule has 0 atom stereocenters. The van der Waals surface area contributed by atoms with Gasteiger partial charge in [0.05, 0.1) is 6.34 Å². The summed E-state index contributed by atoms with van der Waals surface area (Å²) in [6, 6.07) is 0. The lowest BCUT2D eigenvalue weighted by Gasteiger charge is -2.15. The van der Waals surface area contributed by atoms with Crippen LogP contribution < -0.4 is 5.32 Å². The van der Waals surface area contributed by atoms with Gasteiger partial charge in [0.1, 0.15) is 0 Å². The van der Waals surface area contributed by atoms with E-state index in [0.717, 1.165) is 19.5 Å². The Morgan fingerprint density at radius 1 is 1.14 bits per heavy atom. The van der Waals surface area contributed by atoms with Crippen molar-refractivity contribution >= 4 is 12.6 Å². The Labute approximate surface area is 129 Å². The lowest BCUT2D eigenvalue weighted by Crippen LogP contribution is -2.22. The van der Waals surface area contributed by atoms with E-state index in [2.05, 4.69) is 34.0 Å². The van der Waals surface area contributed by atoms with Crippen LogP contribution in [0.15, 0.2) is 33.0 Å². The second-order valence-corrected chi connectivity index (χ2v) is 5.67. The van der Waals surface area contributed by atoms with Crippen molar-refractivity contribution in [3.8, 4) is 0 Å². The van der Waals surface area contributed by atoms with Gasteiger partial charge in [-0.15, -0.1) is 0 Å². The number of aliphatic imine (C=N–C) groups is 2. The number of hydrogen-bond acceptors (Lipinski definition) is 3. The molecule has 1 rings (SSSR count). The molecule has 1 aliphatic rings. The molecule has 118 valence electrons. The van der Waals surface area contributed by atoms with E-state index in [1.807, 2.05) is 25.8 Å². The van der Waals surface area contributed by atoms with Crippen molar-refractivity contribution in [2.75, 3.05) is 27.2 Å². The molecule has 21 heavy (non-hydrogen) atoms. The highest BCUT2D eigenvalue weighted by Gasteiger charge is 2.04. The lowest BCUT2D eigenvalue weighted by molar-refractivity contribution is 0.447. The number of nitrogens with zero attached hydrogens (tertiary/aromatic N) is 3. The van der Waals surface area contributed by atoms with Crippen LogP contribution in [0, 0.1) is 0 Å². The van der Waals surface area contributed by atoms with Gasteiger partial charge < -0.3 is 10.2 Å². The van der Waals surface area contributed by atoms with E-state index in [-0.39, 0.29) is 0 Å². The molecular weight excluding hydrogens is 260 g/mol. The van der Waals surface area contributed by atoms with Crippen molar-refractivity contribution < 1.29 is 0 Å². The van der Waals surface area contributed by atoms with Gasteiger partial charge in [-0.05, 0) is 37.8 Å². The minimum atomic E-state index is 0.881. The van der Waals surface area contributed by atoms with Gasteiger partial charge in [-0.1, -0.05) is 12.8 Å². The third kappa shape index (κ3) is 7.11. The largest absolute Gasteiger partial charge is 0.391 e. The average Bonchev–Trinajstić information content (AvgIpc) is 2.73. The Morgan fingerprint density at radius 2 is 1.81 bits per heavy atom. The average molecular weight is 290 g/mol. The molecule has 1 N–H and O–H groups in total. The number of hydrogen-bond donors (Lipinski definition) is 1. The highest BCUT2D eigenvalue weighted by Crippen LogP contribution is 2.12. The van der Waals surface area contributed by atoms with Gasteiger partial charge >= 0.3 is 0 Å². The van der Waals surface area contributed by atoms with Gasteiger partial charge in [-0.25, -0.2) is 4.99 Å². The molecule has 0 aromatic carbocycles. The molecule has 0 unspecified atom stereocenters. The summed E-state index contributed by atoms with van der Waals surface area (Å²) in [7, 11) is 3.75. The van der Waals surface area contributed by atoms with Gasteiger partial charge in [-0.2, -0.15) is 0 Å². The van der Waals surface area contributed by atoms with Crippen LogP contribution in [0.3, 0.4) is 0 Å². The molecule has 4 heteroatoms. The van der Waals surface area contributed by atoms with Gasteiger partial charge in [0.2, 0.25) is 0 Å². The van der Waals surface area contributed by atoms with Crippen LogP contribution in [0.4, 0.5) is 0 Å². The predicted octanol–water partition coefficient (Wildman–Crippen LogP) is 3.38. The van der Waals surface area contributed by atoms with Crippen LogP contribution in [0.1, 0.15) is 46.0 Å². The van der Waals surface area contributed by atoms with Gasteiger partial charge in [-0.3, -0.25) is 4.99 Å². The molecule has 0 radical (unpaired) electrons. The van der Waals surface area contributed by atoms with Crippen molar-refractivity contribution in [1.82, 2.24) is 10.2 Å². The molecule has 1 saturated heterocycles. The van der Waals surface area contributed by atoms with Crippen LogP contribution in [-0.2, 0) is 0 Å². The summed E-state index contributed by atoms with van der Waals surface area (Å²) in [6.07, 6.45) is 12.0. The molecule has 0 saturated carbocycles. The molecule has 4 nitrogen and oxygen atoms in total. The molecule has 1 fully saturated rings. The molecular formula is C17H30N4. The van der Waals surface area contributed by atoms with Crippen LogP contribution in [0.25, 0.3) is 0 Å². The Morgan fingerprint density at radius 3 is 2.38 bits per heavy atom. The Kier molecular flexibility index (Phi) is 8.48. The second kappa shape index (κ2) is 10.2. The van der Waals surface area contributed by atoms with Crippen LogP contribution in [-0.4, -0.2) is 44.6 Å². The number of nitrogens with one attached hydrogen (secondary N) is 1. The van der Waals surface area contributed by atoms with E-state index < -0.39 is 0 Å². The molecule has 0 bridgehead atoms. The summed E-state index contributed by atoms with van der Waals surface area (Å²) in [4.78, 5) is 10.9. The highest BCUT2D eigenvalue weighted by atomic mass is 15.1. The Bertz CT molecular complexity index is 411. The first-order valence-corrected chi connectivity index (χ1v) is 7.90. The minimum Gasteiger partial charge on any atom is -0.391 e. The Balaban J connectivity index is 2.56. The van der Waals surface area contributed by atoms with Gasteiger partial charge in [0.25, 0.3) is 0 Å². The van der Waals surface area contributed by atoms with Gasteiger partial charge in [0.15, 0.2) is 0 Å². The zero-order valence-corrected chi connectivity index (χ0v) is 14.0. The van der Waals surface area contributed by atoms with E-state index in [1.54, 1.807) is 7.05 Å². The fraction of sp³-hybridized carbons (Fsp3) is 0.647. The SMILES string of the molecule is CN=CC(C)=C(C/C(C)=C/N=CN1CCCCCC1)NC. The summed E-state index contributed by atoms with van der Waals surface area (Å²) >= 11 is 0. The minimum absolute atomic E-state index is 0.881. The van der Waals surface area contributed by atoms with Crippen molar-refractivity contribution in [1.29, 1.82) is 0 Å². The van der Waals surface area contributed by atoms with E-state index >= 15 is 0 Å². The van der Waals surface area contributed by atoms with E-state index in [0.29, 0.717) is 0 Å². The first kappa shape index (κ1) is 17.5. The zero-order chi connectivity index (χ0) is 15.5. The van der Waals surface area contributed by atoms with Crippen LogP contribution in [0.2, 0.25) is 0 Å². The topological polar surface area (TPSA) is 40.0 Å². The normalized spacial score (nSPS) is 19.0. The molecule has 0 aromatic rings. The van der Waals surface area contributed by atoms with Crippen molar-refractivity contribution in [3.05, 3.63) is 23.0 Å². The highest BCUT2D eigenvalue weighted by molar-refractivity contribution is 5.78. The quantitative estimate of drug-likeness (QED) is 0.602. The van der Waals surface area contributed by atoms with Crippen molar-refractivity contribution in [3.63, 3.8) is 0 Å². The molecule has 0 aromatic heterocycles. The summed E-state index contributed by atoms with van der Waals surface area (Å²) in [6.45, 7) is 6.48. The van der Waals surface area contributed by atoms with Gasteiger partial charge in [0, 0.05) is 51.7 Å². The summed E-state index contributed by atoms with van der Waals surface area (Å²) < 4.78 is 0. The molecule has 0 spiro atoms. The first-order valence-electron chi connectivity index (χ1n) is 7.90. The Hall–Kier alpha value is -1.58. The molecule has 1 heterocycles. The molecule has 0 aliphatic carbocycles. The van der Waals surface area contributed by atoms with Crippen LogP contribution in [0.5, 0.6) is 0 Å². The smallest absolute Gasteiger partial charge is 0.0904 e. The van der Waals surface area contributed by atoms with Crippen molar-refractivity contribution in [2.45, 2.75) is 46.0 Å². The maximum atomic E-state index is 4.48. The predicted molar refractivity (Wildman–Crippen MR) is 93.1 cm³/mol. The van der Waals surface area contributed by atoms with E-state index in [9.17, 15) is 0 Å². The summed E-state index contributed by atoms with van der Waals surface area (Å²) in [5.41, 5.74) is 3.61. The molecule has 1 aliphatic heterocycles. The number of likely N-dealkylation sites (tertiary alicyclic amines) is 1. The number of rotatable bonds is 6. The second-order valence-electron chi connectivity index (χ2n) is 5.67. The fourth-order valence-electron chi connectivity index (χ4n) is 2.49. The van der Waals surface area contributed by atoms with Crippen molar-refractivity contribution in [2.24, 2.45) is 9.98 Å². The summed E-state index contributed by atoms with van der Waals surface area (Å²) in [5.74, 6) is 0. The third-order valence-corrected chi connectivity index (χ3v) is 3.72. The fourth-order valence-corrected chi connectivity index (χ4v) is 2.49. The monoisotopic (exact) mass is 290 g/mol. The maximum Gasteiger partial charge on any atom is 0.0904 e. The van der Waals surface area contributed by atoms with Crippen LogP contribution >= 0.6 is 0 Å². The summed E-state index contributed by atoms with van der Waals surface area (Å²) in [5, 5.41) is 3.25. The molecule has 0 amide bonds. The standard InChI is InChI=1S/C17H30N4/c1-15(11-17(19-4)16(2)13-18-3)12-20-14-21-9-7-5-6-8-10-21/h12-14,19H,5-11H2,1-4H3/b15-12+,17-16?,18-13?,20-14?. The lowest BCUT2D eigenvalue weighted by atomic mass is 10.1. The first-order chi connectivity index (χ1) is 10.2. The maximum absolute atomic E-state index is 4.48. The van der Waals surface area contributed by atoms with E-state index in [1.165, 1.54) is 42.5 Å². The number of allylic oxidation sites excluding steroid dienone is 2. The third-order valence-electron chi connectivity index (χ3n) is 3.72. The van der Waals surface area contributed by atoms with E-state index in [4.69, 9.17) is 0 Å².